The number of aryl methyl sites for hydroxylation is 2. The van der Waals surface area contributed by atoms with E-state index in [9.17, 15) is 18.0 Å². The van der Waals surface area contributed by atoms with E-state index in [1.165, 1.54) is 4.57 Å². The molecule has 1 N–H and O–H groups in total. The van der Waals surface area contributed by atoms with Gasteiger partial charge in [0.05, 0.1) is 5.69 Å². The number of halogens is 3. The number of carbonyl (C=O) groups is 1. The summed E-state index contributed by atoms with van der Waals surface area (Å²) in [5, 5.41) is 10.1. The Morgan fingerprint density at radius 2 is 2.12 bits per heavy atom. The van der Waals surface area contributed by atoms with Crippen molar-refractivity contribution in [1.29, 1.82) is 0 Å². The predicted molar refractivity (Wildman–Crippen MR) is 77.2 cm³/mol. The van der Waals surface area contributed by atoms with E-state index in [1.54, 1.807) is 18.9 Å². The third-order valence-corrected chi connectivity index (χ3v) is 4.20. The topological polar surface area (TPSA) is 79.7 Å². The lowest BCUT2D eigenvalue weighted by Crippen LogP contribution is -2.40. The zero-order chi connectivity index (χ0) is 17.5. The monoisotopic (exact) mass is 342 g/mol. The molecule has 1 aliphatic rings. The smallest absolute Gasteiger partial charge is 0.337 e. The van der Waals surface area contributed by atoms with E-state index in [0.717, 1.165) is 6.20 Å². The average Bonchev–Trinajstić information content (AvgIpc) is 3.12. The Bertz CT molecular complexity index is 750. The quantitative estimate of drug-likeness (QED) is 0.904. The Kier molecular flexibility index (Phi) is 4.06. The molecule has 1 fully saturated rings. The Morgan fingerprint density at radius 3 is 2.71 bits per heavy atom. The van der Waals surface area contributed by atoms with Gasteiger partial charge in [0.1, 0.15) is 5.82 Å². The van der Waals surface area contributed by atoms with Gasteiger partial charge in [-0.05, 0) is 19.8 Å². The summed E-state index contributed by atoms with van der Waals surface area (Å²) in [6.45, 7) is 2.53. The first-order chi connectivity index (χ1) is 11.3. The largest absolute Gasteiger partial charge is 0.434 e. The zero-order valence-corrected chi connectivity index (χ0v) is 13.3. The zero-order valence-electron chi connectivity index (χ0n) is 13.3. The summed E-state index contributed by atoms with van der Waals surface area (Å²) in [6.07, 6.45) is -2.11. The van der Waals surface area contributed by atoms with Gasteiger partial charge in [-0.15, -0.1) is 0 Å². The number of hydrogen-bond acceptors (Lipinski definition) is 4. The molecule has 0 radical (unpaired) electrons. The molecular weight excluding hydrogens is 325 g/mol. The Morgan fingerprint density at radius 1 is 1.38 bits per heavy atom. The molecule has 3 rings (SSSR count). The van der Waals surface area contributed by atoms with Gasteiger partial charge in [-0.2, -0.15) is 28.6 Å². The molecule has 0 aromatic carbocycles. The normalized spacial score (nSPS) is 18.9. The summed E-state index contributed by atoms with van der Waals surface area (Å²) in [5.41, 5.74) is -0.166. The third kappa shape index (κ3) is 3.00. The van der Waals surface area contributed by atoms with E-state index in [-0.39, 0.29) is 17.5 Å². The van der Waals surface area contributed by atoms with Gasteiger partial charge in [-0.1, -0.05) is 0 Å². The number of imidazole rings is 1. The lowest BCUT2D eigenvalue weighted by molar-refractivity contribution is -0.141. The minimum Gasteiger partial charge on any atom is -0.337 e. The number of alkyl halides is 3. The van der Waals surface area contributed by atoms with E-state index in [2.05, 4.69) is 20.4 Å². The second-order valence-corrected chi connectivity index (χ2v) is 5.94. The van der Waals surface area contributed by atoms with Crippen LogP contribution < -0.4 is 0 Å². The van der Waals surface area contributed by atoms with Crippen LogP contribution in [0.5, 0.6) is 0 Å². The van der Waals surface area contributed by atoms with Crippen LogP contribution >= 0.6 is 0 Å². The second kappa shape index (κ2) is 5.91. The molecule has 24 heavy (non-hydrogen) atoms. The van der Waals surface area contributed by atoms with Gasteiger partial charge in [0.15, 0.2) is 11.4 Å². The number of nitrogens with zero attached hydrogens (tertiary/aromatic N) is 5. The summed E-state index contributed by atoms with van der Waals surface area (Å²) >= 11 is 0. The number of aromatic amines is 1. The maximum Gasteiger partial charge on any atom is 0.434 e. The molecular formula is C14H17F3N6O. The van der Waals surface area contributed by atoms with Crippen molar-refractivity contribution in [2.24, 2.45) is 7.05 Å². The molecule has 1 saturated heterocycles. The number of amides is 1. The maximum atomic E-state index is 12.8. The van der Waals surface area contributed by atoms with Crippen LogP contribution in [0.15, 0.2) is 6.20 Å². The van der Waals surface area contributed by atoms with E-state index in [1.807, 2.05) is 0 Å². The molecule has 0 unspecified atom stereocenters. The highest BCUT2D eigenvalue weighted by molar-refractivity contribution is 5.93. The molecule has 0 saturated carbocycles. The van der Waals surface area contributed by atoms with Crippen molar-refractivity contribution in [2.75, 3.05) is 13.1 Å². The van der Waals surface area contributed by atoms with E-state index < -0.39 is 11.9 Å². The summed E-state index contributed by atoms with van der Waals surface area (Å²) in [4.78, 5) is 17.8. The lowest BCUT2D eigenvalue weighted by atomic mass is 9.97. The highest BCUT2D eigenvalue weighted by atomic mass is 19.4. The number of hydrogen-bond donors (Lipinski definition) is 1. The molecule has 7 nitrogen and oxygen atoms in total. The van der Waals surface area contributed by atoms with Gasteiger partial charge in [0.25, 0.3) is 5.91 Å². The van der Waals surface area contributed by atoms with Crippen LogP contribution in [-0.2, 0) is 13.2 Å². The highest BCUT2D eigenvalue weighted by Crippen LogP contribution is 2.32. The summed E-state index contributed by atoms with van der Waals surface area (Å²) in [5.74, 6) is -0.163. The fraction of sp³-hybridized carbons (Fsp3) is 0.571. The van der Waals surface area contributed by atoms with E-state index in [4.69, 9.17) is 0 Å². The van der Waals surface area contributed by atoms with Crippen molar-refractivity contribution in [1.82, 2.24) is 29.9 Å². The number of aromatic nitrogens is 5. The van der Waals surface area contributed by atoms with Crippen molar-refractivity contribution in [3.8, 4) is 0 Å². The molecule has 10 heteroatoms. The first-order valence-electron chi connectivity index (χ1n) is 7.54. The summed E-state index contributed by atoms with van der Waals surface area (Å²) in [6, 6.07) is 0. The van der Waals surface area contributed by atoms with Crippen LogP contribution in [0.2, 0.25) is 0 Å². The van der Waals surface area contributed by atoms with Gasteiger partial charge in [0, 0.05) is 32.3 Å². The van der Waals surface area contributed by atoms with Crippen molar-refractivity contribution in [3.05, 3.63) is 29.1 Å². The van der Waals surface area contributed by atoms with Crippen LogP contribution in [0.1, 0.15) is 46.5 Å². The van der Waals surface area contributed by atoms with Crippen molar-refractivity contribution in [3.63, 3.8) is 0 Å². The van der Waals surface area contributed by atoms with Crippen LogP contribution in [0, 0.1) is 6.92 Å². The van der Waals surface area contributed by atoms with Gasteiger partial charge in [-0.3, -0.25) is 4.79 Å². The van der Waals surface area contributed by atoms with Crippen molar-refractivity contribution in [2.45, 2.75) is 31.9 Å². The number of piperidine rings is 1. The number of likely N-dealkylation sites (tertiary alicyclic amines) is 1. The van der Waals surface area contributed by atoms with Gasteiger partial charge < -0.3 is 9.47 Å². The molecule has 2 aromatic heterocycles. The number of nitrogens with one attached hydrogen (secondary N) is 1. The fourth-order valence-electron chi connectivity index (χ4n) is 3.01. The van der Waals surface area contributed by atoms with E-state index >= 15 is 0 Å². The molecule has 3 heterocycles. The molecule has 0 aliphatic carbocycles. The van der Waals surface area contributed by atoms with Gasteiger partial charge in [0.2, 0.25) is 0 Å². The molecule has 1 amide bonds. The minimum absolute atomic E-state index is 0.240. The van der Waals surface area contributed by atoms with Gasteiger partial charge >= 0.3 is 6.18 Å². The number of H-pyrrole nitrogens is 1. The third-order valence-electron chi connectivity index (χ3n) is 4.20. The van der Waals surface area contributed by atoms with Crippen molar-refractivity contribution < 1.29 is 18.0 Å². The van der Waals surface area contributed by atoms with Crippen LogP contribution in [0.4, 0.5) is 13.2 Å². The average molecular weight is 342 g/mol. The standard InChI is InChI=1S/C14H17F3N6O/c1-8-11(20-21-19-8)13(24)23-5-3-4-9(6-23)12-18-10(7-22(12)2)14(15,16)17/h7,9H,3-6H2,1-2H3,(H,19,20,21)/t9-/m0/s1. The predicted octanol–water partition coefficient (Wildman–Crippen LogP) is 1.89. The second-order valence-electron chi connectivity index (χ2n) is 5.94. The molecule has 1 aliphatic heterocycles. The molecule has 130 valence electrons. The van der Waals surface area contributed by atoms with Crippen LogP contribution in [0.25, 0.3) is 0 Å². The molecule has 0 bridgehead atoms. The molecule has 2 aromatic rings. The molecule has 1 atom stereocenters. The Labute approximate surface area is 135 Å². The number of carbonyl (C=O) groups excluding carboxylic acids is 1. The first kappa shape index (κ1) is 16.5. The Hall–Kier alpha value is -2.39. The SMILES string of the molecule is Cc1n[nH]nc1C(=O)N1CCC[C@H](c2nc(C(F)(F)F)cn2C)C1. The number of rotatable bonds is 2. The fourth-order valence-corrected chi connectivity index (χ4v) is 3.01. The Balaban J connectivity index is 1.80. The van der Waals surface area contributed by atoms with Gasteiger partial charge in [-0.25, -0.2) is 4.98 Å². The molecule has 0 spiro atoms. The first-order valence-corrected chi connectivity index (χ1v) is 7.54. The lowest BCUT2D eigenvalue weighted by Gasteiger charge is -2.32. The minimum atomic E-state index is -4.47. The van der Waals surface area contributed by atoms with Crippen LogP contribution in [-0.4, -0.2) is 48.9 Å². The highest BCUT2D eigenvalue weighted by Gasteiger charge is 2.36. The summed E-state index contributed by atoms with van der Waals surface area (Å²) < 4.78 is 39.9. The van der Waals surface area contributed by atoms with Crippen molar-refractivity contribution >= 4 is 5.91 Å². The summed E-state index contributed by atoms with van der Waals surface area (Å²) in [7, 11) is 1.54. The van der Waals surface area contributed by atoms with Crippen LogP contribution in [0.3, 0.4) is 0 Å². The maximum absolute atomic E-state index is 12.8. The van der Waals surface area contributed by atoms with E-state index in [0.29, 0.717) is 37.4 Å².